The van der Waals surface area contributed by atoms with Crippen LogP contribution in [0.3, 0.4) is 0 Å². The molecule has 40 heavy (non-hydrogen) atoms. The summed E-state index contributed by atoms with van der Waals surface area (Å²) in [4.78, 5) is 36.9. The van der Waals surface area contributed by atoms with E-state index in [1.807, 2.05) is 0 Å². The summed E-state index contributed by atoms with van der Waals surface area (Å²) in [6, 6.07) is 0. The second-order valence-electron chi connectivity index (χ2n) is 11.4. The van der Waals surface area contributed by atoms with Crippen LogP contribution in [0.15, 0.2) is 0 Å². The predicted octanol–water partition coefficient (Wildman–Crippen LogP) is 9.80. The third-order valence-corrected chi connectivity index (χ3v) is 7.36. The molecule has 1 unspecified atom stereocenters. The van der Waals surface area contributed by atoms with Crippen LogP contribution in [0, 0.1) is 0 Å². The monoisotopic (exact) mass is 568 g/mol. The number of unbranched alkanes of at least 4 members (excludes halogenated alkanes) is 19. The Hall–Kier alpha value is -1.59. The normalized spacial score (nSPS) is 11.8. The van der Waals surface area contributed by atoms with Gasteiger partial charge in [0.1, 0.15) is 13.2 Å². The Morgan fingerprint density at radius 1 is 0.400 bits per heavy atom. The van der Waals surface area contributed by atoms with E-state index >= 15 is 0 Å². The van der Waals surface area contributed by atoms with Crippen LogP contribution >= 0.6 is 0 Å². The summed E-state index contributed by atoms with van der Waals surface area (Å²) in [5.74, 6) is -0.891. The van der Waals surface area contributed by atoms with Crippen molar-refractivity contribution in [3.63, 3.8) is 0 Å². The van der Waals surface area contributed by atoms with Crippen LogP contribution in [-0.2, 0) is 28.6 Å². The van der Waals surface area contributed by atoms with Gasteiger partial charge in [-0.25, -0.2) is 0 Å². The lowest BCUT2D eigenvalue weighted by Crippen LogP contribution is -2.30. The summed E-state index contributed by atoms with van der Waals surface area (Å²) in [6.45, 7) is 6.47. The van der Waals surface area contributed by atoms with Crippen molar-refractivity contribution in [1.82, 2.24) is 0 Å². The third-order valence-electron chi connectivity index (χ3n) is 7.36. The minimum atomic E-state index is -0.752. The highest BCUT2D eigenvalue weighted by atomic mass is 16.6. The van der Waals surface area contributed by atoms with Gasteiger partial charge in [0, 0.05) is 19.3 Å². The topological polar surface area (TPSA) is 78.9 Å². The molecule has 0 fully saturated rings. The van der Waals surface area contributed by atoms with Crippen LogP contribution in [0.25, 0.3) is 0 Å². The molecule has 6 nitrogen and oxygen atoms in total. The van der Waals surface area contributed by atoms with Crippen LogP contribution in [0.1, 0.15) is 181 Å². The molecule has 0 aliphatic heterocycles. The molecule has 0 aromatic carbocycles. The van der Waals surface area contributed by atoms with Crippen LogP contribution < -0.4 is 0 Å². The fraction of sp³-hybridized carbons (Fsp3) is 0.912. The number of carbonyl (C=O) groups is 3. The van der Waals surface area contributed by atoms with Gasteiger partial charge in [0.25, 0.3) is 0 Å². The predicted molar refractivity (Wildman–Crippen MR) is 164 cm³/mol. The molecule has 0 aromatic rings. The molecule has 0 aliphatic carbocycles. The average molecular weight is 569 g/mol. The van der Waals surface area contributed by atoms with Crippen molar-refractivity contribution in [1.29, 1.82) is 0 Å². The van der Waals surface area contributed by atoms with Gasteiger partial charge in [-0.15, -0.1) is 0 Å². The largest absolute Gasteiger partial charge is 0.462 e. The molecule has 1 atom stereocenters. The van der Waals surface area contributed by atoms with E-state index in [0.717, 1.165) is 57.8 Å². The lowest BCUT2D eigenvalue weighted by atomic mass is 10.1. The number of esters is 3. The van der Waals surface area contributed by atoms with Crippen molar-refractivity contribution in [3.8, 4) is 0 Å². The maximum Gasteiger partial charge on any atom is 0.306 e. The van der Waals surface area contributed by atoms with Crippen molar-refractivity contribution in [2.24, 2.45) is 0 Å². The van der Waals surface area contributed by atoms with Crippen molar-refractivity contribution in [3.05, 3.63) is 0 Å². The Morgan fingerprint density at radius 2 is 0.675 bits per heavy atom. The summed E-state index contributed by atoms with van der Waals surface area (Å²) >= 11 is 0. The molecule has 0 aliphatic rings. The second kappa shape index (κ2) is 30.4. The quantitative estimate of drug-likeness (QED) is 0.0487. The van der Waals surface area contributed by atoms with Gasteiger partial charge in [0.05, 0.1) is 0 Å². The lowest BCUT2D eigenvalue weighted by molar-refractivity contribution is -0.167. The van der Waals surface area contributed by atoms with Gasteiger partial charge >= 0.3 is 17.9 Å². The molecular formula is C34H64O6. The maximum absolute atomic E-state index is 12.4. The molecule has 6 heteroatoms. The zero-order valence-electron chi connectivity index (χ0n) is 26.6. The molecule has 0 aromatic heterocycles. The standard InChI is InChI=1S/C34H64O6/c1-4-7-10-13-16-17-18-19-22-24-27-33(36)39-30-31(40-34(37)28-25-21-15-12-9-6-3)29-38-32(35)26-23-20-14-11-8-5-2/h31H,4-30H2,1-3H3. The Kier molecular flexibility index (Phi) is 29.2. The van der Waals surface area contributed by atoms with Gasteiger partial charge < -0.3 is 14.2 Å². The molecule has 0 saturated heterocycles. The summed E-state index contributed by atoms with van der Waals surface area (Å²) in [5.41, 5.74) is 0. The highest BCUT2D eigenvalue weighted by Crippen LogP contribution is 2.13. The van der Waals surface area contributed by atoms with Gasteiger partial charge in [-0.2, -0.15) is 0 Å². The molecule has 0 spiro atoms. The van der Waals surface area contributed by atoms with Gasteiger partial charge in [-0.1, -0.05) is 143 Å². The summed E-state index contributed by atoms with van der Waals surface area (Å²) < 4.78 is 16.4. The van der Waals surface area contributed by atoms with E-state index in [2.05, 4.69) is 20.8 Å². The van der Waals surface area contributed by atoms with E-state index in [-0.39, 0.29) is 31.1 Å². The van der Waals surface area contributed by atoms with Crippen molar-refractivity contribution < 1.29 is 28.6 Å². The molecule has 0 bridgehead atoms. The molecule has 0 N–H and O–H groups in total. The molecule has 0 radical (unpaired) electrons. The van der Waals surface area contributed by atoms with E-state index in [9.17, 15) is 14.4 Å². The Morgan fingerprint density at radius 3 is 1.00 bits per heavy atom. The van der Waals surface area contributed by atoms with E-state index in [4.69, 9.17) is 14.2 Å². The molecule has 236 valence electrons. The summed E-state index contributed by atoms with van der Waals surface area (Å²) in [7, 11) is 0. The van der Waals surface area contributed by atoms with Gasteiger partial charge in [0.2, 0.25) is 0 Å². The summed E-state index contributed by atoms with van der Waals surface area (Å²) in [5, 5.41) is 0. The SMILES string of the molecule is CCCCCCCCCCCCC(=O)OCC(COC(=O)CCCCCCCC)OC(=O)CCCCCCCC. The Labute approximate surface area is 247 Å². The first-order valence-corrected chi connectivity index (χ1v) is 17.0. The zero-order valence-corrected chi connectivity index (χ0v) is 26.6. The van der Waals surface area contributed by atoms with E-state index in [1.54, 1.807) is 0 Å². The third kappa shape index (κ3) is 28.0. The first-order valence-electron chi connectivity index (χ1n) is 17.0. The van der Waals surface area contributed by atoms with Gasteiger partial charge in [-0.05, 0) is 19.3 Å². The number of hydrogen-bond donors (Lipinski definition) is 0. The molecule has 0 rings (SSSR count). The highest BCUT2D eigenvalue weighted by molar-refractivity contribution is 5.71. The number of ether oxygens (including phenoxy) is 3. The first-order chi connectivity index (χ1) is 19.5. The smallest absolute Gasteiger partial charge is 0.306 e. The number of carbonyl (C=O) groups excluding carboxylic acids is 3. The molecule has 0 amide bonds. The Balaban J connectivity index is 4.30. The average Bonchev–Trinajstić information content (AvgIpc) is 2.95. The van der Waals surface area contributed by atoms with Gasteiger partial charge in [0.15, 0.2) is 6.10 Å². The van der Waals surface area contributed by atoms with Crippen LogP contribution in [-0.4, -0.2) is 37.2 Å². The minimum absolute atomic E-state index is 0.0663. The number of hydrogen-bond acceptors (Lipinski definition) is 6. The van der Waals surface area contributed by atoms with Crippen LogP contribution in [0.2, 0.25) is 0 Å². The highest BCUT2D eigenvalue weighted by Gasteiger charge is 2.19. The fourth-order valence-electron chi connectivity index (χ4n) is 4.73. The Bertz CT molecular complexity index is 591. The lowest BCUT2D eigenvalue weighted by Gasteiger charge is -2.18. The number of rotatable bonds is 30. The molecular weight excluding hydrogens is 504 g/mol. The summed E-state index contributed by atoms with van der Waals surface area (Å²) in [6.07, 6.45) is 25.5. The fourth-order valence-corrected chi connectivity index (χ4v) is 4.73. The van der Waals surface area contributed by atoms with Crippen molar-refractivity contribution in [2.75, 3.05) is 13.2 Å². The molecule has 0 saturated carbocycles. The van der Waals surface area contributed by atoms with Crippen LogP contribution in [0.4, 0.5) is 0 Å². The van der Waals surface area contributed by atoms with E-state index < -0.39 is 6.10 Å². The maximum atomic E-state index is 12.4. The second-order valence-corrected chi connectivity index (χ2v) is 11.4. The minimum Gasteiger partial charge on any atom is -0.462 e. The molecule has 0 heterocycles. The van der Waals surface area contributed by atoms with E-state index in [0.29, 0.717) is 19.3 Å². The van der Waals surface area contributed by atoms with Crippen molar-refractivity contribution >= 4 is 17.9 Å². The van der Waals surface area contributed by atoms with Crippen LogP contribution in [0.5, 0.6) is 0 Å². The van der Waals surface area contributed by atoms with Crippen molar-refractivity contribution in [2.45, 2.75) is 187 Å². The van der Waals surface area contributed by atoms with Gasteiger partial charge in [-0.3, -0.25) is 14.4 Å². The zero-order chi connectivity index (χ0) is 29.5. The first kappa shape index (κ1) is 38.4. The van der Waals surface area contributed by atoms with E-state index in [1.165, 1.54) is 83.5 Å².